The number of nitrogens with zero attached hydrogens (tertiary/aromatic N) is 1. The number of amides is 1. The first-order chi connectivity index (χ1) is 11.7. The molecule has 1 unspecified atom stereocenters. The highest BCUT2D eigenvalue weighted by Gasteiger charge is 2.21. The molecule has 0 aliphatic rings. The van der Waals surface area contributed by atoms with Crippen LogP contribution < -0.4 is 9.62 Å². The fourth-order valence-corrected chi connectivity index (χ4v) is 3.72. The summed E-state index contributed by atoms with van der Waals surface area (Å²) in [4.78, 5) is 12.3. The molecule has 0 aliphatic carbocycles. The number of hydrogen-bond acceptors (Lipinski definition) is 3. The van der Waals surface area contributed by atoms with Crippen LogP contribution in [0.1, 0.15) is 50.7 Å². The largest absolute Gasteiger partial charge is 0.354 e. The summed E-state index contributed by atoms with van der Waals surface area (Å²) in [6.45, 7) is 8.50. The van der Waals surface area contributed by atoms with E-state index in [1.54, 1.807) is 12.1 Å². The monoisotopic (exact) mass is 368 g/mol. The van der Waals surface area contributed by atoms with E-state index in [1.807, 2.05) is 19.9 Å². The SMILES string of the molecule is CCCCC(CC)CNC(=O)CN(c1cc(C)cc(C)c1)S(C)(=O)=O. The topological polar surface area (TPSA) is 66.5 Å². The Kier molecular flexibility index (Phi) is 8.42. The molecule has 1 atom stereocenters. The fourth-order valence-electron chi connectivity index (χ4n) is 2.88. The number of aryl methyl sites for hydroxylation is 2. The molecule has 5 nitrogen and oxygen atoms in total. The van der Waals surface area contributed by atoms with E-state index in [-0.39, 0.29) is 12.5 Å². The zero-order chi connectivity index (χ0) is 19.0. The van der Waals surface area contributed by atoms with Crippen molar-refractivity contribution in [3.05, 3.63) is 29.3 Å². The number of unbranched alkanes of at least 4 members (excludes halogenated alkanes) is 1. The van der Waals surface area contributed by atoms with E-state index in [4.69, 9.17) is 0 Å². The number of benzene rings is 1. The van der Waals surface area contributed by atoms with Crippen LogP contribution in [0.25, 0.3) is 0 Å². The summed E-state index contributed by atoms with van der Waals surface area (Å²) < 4.78 is 25.5. The third kappa shape index (κ3) is 7.46. The van der Waals surface area contributed by atoms with Crippen LogP contribution in [0, 0.1) is 19.8 Å². The second kappa shape index (κ2) is 9.80. The highest BCUT2D eigenvalue weighted by atomic mass is 32.2. The molecule has 6 heteroatoms. The van der Waals surface area contributed by atoms with E-state index in [0.29, 0.717) is 18.2 Å². The van der Waals surface area contributed by atoms with E-state index < -0.39 is 10.0 Å². The number of sulfonamides is 1. The summed E-state index contributed by atoms with van der Waals surface area (Å²) in [7, 11) is -3.53. The third-order valence-corrected chi connectivity index (χ3v) is 5.45. The van der Waals surface area contributed by atoms with Crippen LogP contribution in [0.2, 0.25) is 0 Å². The zero-order valence-corrected chi connectivity index (χ0v) is 16.9. The molecule has 0 aliphatic heterocycles. The van der Waals surface area contributed by atoms with Crippen LogP contribution >= 0.6 is 0 Å². The van der Waals surface area contributed by atoms with Crippen molar-refractivity contribution in [2.75, 3.05) is 23.7 Å². The molecule has 0 fully saturated rings. The first-order valence-electron chi connectivity index (χ1n) is 9.00. The smallest absolute Gasteiger partial charge is 0.240 e. The Morgan fingerprint density at radius 3 is 2.24 bits per heavy atom. The lowest BCUT2D eigenvalue weighted by Gasteiger charge is -2.23. The van der Waals surface area contributed by atoms with Gasteiger partial charge >= 0.3 is 0 Å². The minimum absolute atomic E-state index is 0.189. The highest BCUT2D eigenvalue weighted by Crippen LogP contribution is 2.21. The highest BCUT2D eigenvalue weighted by molar-refractivity contribution is 7.92. The van der Waals surface area contributed by atoms with Gasteiger partial charge in [0.2, 0.25) is 15.9 Å². The Morgan fingerprint density at radius 2 is 1.76 bits per heavy atom. The molecule has 1 aromatic rings. The van der Waals surface area contributed by atoms with Gasteiger partial charge in [-0.25, -0.2) is 8.42 Å². The summed E-state index contributed by atoms with van der Waals surface area (Å²) in [6, 6.07) is 5.55. The molecule has 1 rings (SSSR count). The molecule has 1 N–H and O–H groups in total. The van der Waals surface area contributed by atoms with E-state index in [2.05, 4.69) is 19.2 Å². The van der Waals surface area contributed by atoms with Crippen LogP contribution in [-0.4, -0.2) is 33.7 Å². The molecule has 0 spiro atoms. The van der Waals surface area contributed by atoms with Gasteiger partial charge in [-0.15, -0.1) is 0 Å². The lowest BCUT2D eigenvalue weighted by Crippen LogP contribution is -2.41. The Morgan fingerprint density at radius 1 is 1.16 bits per heavy atom. The van der Waals surface area contributed by atoms with E-state index in [9.17, 15) is 13.2 Å². The molecule has 0 saturated heterocycles. The van der Waals surface area contributed by atoms with E-state index in [1.165, 1.54) is 4.31 Å². The molecule has 142 valence electrons. The van der Waals surface area contributed by atoms with Crippen LogP contribution in [0.15, 0.2) is 18.2 Å². The molecule has 1 amide bonds. The Bertz CT molecular complexity index is 651. The van der Waals surface area contributed by atoms with Crippen LogP contribution in [0.4, 0.5) is 5.69 Å². The maximum Gasteiger partial charge on any atom is 0.240 e. The zero-order valence-electron chi connectivity index (χ0n) is 16.1. The average molecular weight is 369 g/mol. The van der Waals surface area contributed by atoms with Gasteiger partial charge in [0.25, 0.3) is 0 Å². The predicted octanol–water partition coefficient (Wildman–Crippen LogP) is 3.40. The quantitative estimate of drug-likeness (QED) is 0.688. The fraction of sp³-hybridized carbons (Fsp3) is 0.632. The normalized spacial score (nSPS) is 12.7. The Labute approximate surface area is 152 Å². The van der Waals surface area contributed by atoms with Crippen molar-refractivity contribution in [2.45, 2.75) is 53.4 Å². The minimum Gasteiger partial charge on any atom is -0.354 e. The van der Waals surface area contributed by atoms with E-state index in [0.717, 1.165) is 43.1 Å². The summed E-state index contributed by atoms with van der Waals surface area (Å²) in [6.07, 6.45) is 5.51. The summed E-state index contributed by atoms with van der Waals surface area (Å²) in [5.41, 5.74) is 2.47. The predicted molar refractivity (Wildman–Crippen MR) is 104 cm³/mol. The van der Waals surface area contributed by atoms with Gasteiger partial charge in [-0.1, -0.05) is 39.2 Å². The number of rotatable bonds is 10. The molecular weight excluding hydrogens is 336 g/mol. The second-order valence-corrected chi connectivity index (χ2v) is 8.74. The van der Waals surface area contributed by atoms with E-state index >= 15 is 0 Å². The van der Waals surface area contributed by atoms with Crippen molar-refractivity contribution in [3.8, 4) is 0 Å². The van der Waals surface area contributed by atoms with Crippen molar-refractivity contribution in [2.24, 2.45) is 5.92 Å². The number of anilines is 1. The lowest BCUT2D eigenvalue weighted by atomic mass is 9.99. The molecule has 1 aromatic carbocycles. The van der Waals surface area contributed by atoms with Gasteiger partial charge in [-0.2, -0.15) is 0 Å². The van der Waals surface area contributed by atoms with Gasteiger partial charge in [0.05, 0.1) is 11.9 Å². The molecule has 0 radical (unpaired) electrons. The Hall–Kier alpha value is -1.56. The average Bonchev–Trinajstić information content (AvgIpc) is 2.50. The summed E-state index contributed by atoms with van der Waals surface area (Å²) in [5.74, 6) is 0.177. The molecule has 0 aromatic heterocycles. The van der Waals surface area contributed by atoms with Gasteiger partial charge in [0.15, 0.2) is 0 Å². The van der Waals surface area contributed by atoms with Crippen molar-refractivity contribution in [1.29, 1.82) is 0 Å². The van der Waals surface area contributed by atoms with Crippen molar-refractivity contribution < 1.29 is 13.2 Å². The number of hydrogen-bond donors (Lipinski definition) is 1. The first kappa shape index (κ1) is 21.5. The number of carbonyl (C=O) groups is 1. The molecule has 0 heterocycles. The minimum atomic E-state index is -3.53. The first-order valence-corrected chi connectivity index (χ1v) is 10.8. The lowest BCUT2D eigenvalue weighted by molar-refractivity contribution is -0.119. The van der Waals surface area contributed by atoms with Crippen LogP contribution in [-0.2, 0) is 14.8 Å². The number of nitrogens with one attached hydrogen (secondary N) is 1. The number of carbonyl (C=O) groups excluding carboxylic acids is 1. The molecule has 0 saturated carbocycles. The Balaban J connectivity index is 2.81. The summed E-state index contributed by atoms with van der Waals surface area (Å²) >= 11 is 0. The molecule has 25 heavy (non-hydrogen) atoms. The maximum atomic E-state index is 12.3. The van der Waals surface area contributed by atoms with Gasteiger partial charge < -0.3 is 5.32 Å². The van der Waals surface area contributed by atoms with Crippen molar-refractivity contribution in [3.63, 3.8) is 0 Å². The molecule has 0 bridgehead atoms. The second-order valence-electron chi connectivity index (χ2n) is 6.84. The maximum absolute atomic E-state index is 12.3. The van der Waals surface area contributed by atoms with Gasteiger partial charge in [0.1, 0.15) is 6.54 Å². The van der Waals surface area contributed by atoms with Crippen LogP contribution in [0.3, 0.4) is 0 Å². The third-order valence-electron chi connectivity index (χ3n) is 4.31. The van der Waals surface area contributed by atoms with Gasteiger partial charge in [0, 0.05) is 6.54 Å². The van der Waals surface area contributed by atoms with Crippen LogP contribution in [0.5, 0.6) is 0 Å². The standard InChI is InChI=1S/C19H32N2O3S/c1-6-8-9-17(7-2)13-20-19(22)14-21(25(5,23)24)18-11-15(3)10-16(4)12-18/h10-12,17H,6-9,13-14H2,1-5H3,(H,20,22). The van der Waals surface area contributed by atoms with Crippen molar-refractivity contribution >= 4 is 21.6 Å². The van der Waals surface area contributed by atoms with Crippen molar-refractivity contribution in [1.82, 2.24) is 5.32 Å². The van der Waals surface area contributed by atoms with Gasteiger partial charge in [-0.05, 0) is 49.4 Å². The van der Waals surface area contributed by atoms with Gasteiger partial charge in [-0.3, -0.25) is 9.10 Å². The molecular formula is C19H32N2O3S. The summed E-state index contributed by atoms with van der Waals surface area (Å²) in [5, 5.41) is 2.90.